The lowest BCUT2D eigenvalue weighted by Gasteiger charge is -2.26. The highest BCUT2D eigenvalue weighted by atomic mass is 79.9. The number of methoxy groups -OCH3 is 1. The Morgan fingerprint density at radius 1 is 1.59 bits per heavy atom. The minimum absolute atomic E-state index is 0.365. The van der Waals surface area contributed by atoms with Crippen LogP contribution in [-0.4, -0.2) is 25.8 Å². The van der Waals surface area contributed by atoms with Crippen LogP contribution in [0.4, 0.5) is 0 Å². The molecule has 4 heteroatoms. The Balaban J connectivity index is 2.03. The molecule has 1 aliphatic rings. The van der Waals surface area contributed by atoms with Gasteiger partial charge in [0.1, 0.15) is 0 Å². The van der Waals surface area contributed by atoms with Gasteiger partial charge in [0.15, 0.2) is 0 Å². The number of thiophene rings is 1. The van der Waals surface area contributed by atoms with Crippen LogP contribution < -0.4 is 5.32 Å². The zero-order valence-corrected chi connectivity index (χ0v) is 12.8. The average molecular weight is 318 g/mol. The molecule has 2 nitrogen and oxygen atoms in total. The first-order valence-corrected chi connectivity index (χ1v) is 7.91. The molecule has 1 heterocycles. The van der Waals surface area contributed by atoms with Crippen molar-refractivity contribution in [2.24, 2.45) is 5.92 Å². The molecule has 0 aliphatic heterocycles. The molecule has 1 aromatic heterocycles. The fraction of sp³-hybridized carbons (Fsp3) is 0.692. The molecule has 1 N–H and O–H groups in total. The van der Waals surface area contributed by atoms with Gasteiger partial charge in [0.05, 0.1) is 6.10 Å². The largest absolute Gasteiger partial charge is 0.380 e. The Morgan fingerprint density at radius 2 is 2.35 bits per heavy atom. The summed E-state index contributed by atoms with van der Waals surface area (Å²) in [4.78, 5) is 1.42. The maximum atomic E-state index is 5.70. The van der Waals surface area contributed by atoms with Gasteiger partial charge < -0.3 is 10.1 Å². The number of rotatable bonds is 7. The van der Waals surface area contributed by atoms with E-state index in [0.717, 1.165) is 18.9 Å². The van der Waals surface area contributed by atoms with E-state index in [-0.39, 0.29) is 0 Å². The van der Waals surface area contributed by atoms with Gasteiger partial charge in [0, 0.05) is 28.9 Å². The van der Waals surface area contributed by atoms with Crippen molar-refractivity contribution in [1.29, 1.82) is 0 Å². The number of hydrogen-bond acceptors (Lipinski definition) is 3. The van der Waals surface area contributed by atoms with E-state index < -0.39 is 0 Å². The van der Waals surface area contributed by atoms with E-state index in [1.807, 2.05) is 18.4 Å². The summed E-state index contributed by atoms with van der Waals surface area (Å²) in [6, 6.07) is 2.56. The molecule has 0 amide bonds. The summed E-state index contributed by atoms with van der Waals surface area (Å²) < 4.78 is 6.94. The molecule has 0 saturated heterocycles. The van der Waals surface area contributed by atoms with Crippen LogP contribution in [0.25, 0.3) is 0 Å². The number of nitrogens with one attached hydrogen (secondary N) is 1. The van der Waals surface area contributed by atoms with Gasteiger partial charge in [-0.1, -0.05) is 6.92 Å². The normalized spacial score (nSPS) is 19.2. The Bertz CT molecular complexity index is 351. The summed E-state index contributed by atoms with van der Waals surface area (Å²) in [6.45, 7) is 3.16. The molecule has 0 aromatic carbocycles. The Labute approximate surface area is 116 Å². The molecule has 0 spiro atoms. The molecular weight excluding hydrogens is 298 g/mol. The van der Waals surface area contributed by atoms with Crippen LogP contribution in [-0.2, 0) is 11.2 Å². The fourth-order valence-electron chi connectivity index (χ4n) is 2.35. The molecule has 1 aromatic rings. The molecule has 17 heavy (non-hydrogen) atoms. The molecule has 2 atom stereocenters. The van der Waals surface area contributed by atoms with Crippen LogP contribution in [0.1, 0.15) is 24.6 Å². The van der Waals surface area contributed by atoms with Crippen LogP contribution >= 0.6 is 27.3 Å². The minimum Gasteiger partial charge on any atom is -0.380 e. The predicted molar refractivity (Wildman–Crippen MR) is 76.7 cm³/mol. The molecule has 2 rings (SSSR count). The van der Waals surface area contributed by atoms with Crippen molar-refractivity contribution < 1.29 is 4.74 Å². The van der Waals surface area contributed by atoms with E-state index in [2.05, 4.69) is 39.6 Å². The second-order valence-electron chi connectivity index (χ2n) is 4.60. The quantitative estimate of drug-likeness (QED) is 0.831. The lowest BCUT2D eigenvalue weighted by Crippen LogP contribution is -2.43. The molecule has 1 fully saturated rings. The summed E-state index contributed by atoms with van der Waals surface area (Å²) in [5.74, 6) is 0.766. The second-order valence-corrected chi connectivity index (χ2v) is 6.45. The highest BCUT2D eigenvalue weighted by Crippen LogP contribution is 2.37. The van der Waals surface area contributed by atoms with Crippen molar-refractivity contribution >= 4 is 27.3 Å². The summed E-state index contributed by atoms with van der Waals surface area (Å²) in [7, 11) is 1.84. The number of hydrogen-bond donors (Lipinski definition) is 1. The predicted octanol–water partition coefficient (Wildman–Crippen LogP) is 3.46. The first-order chi connectivity index (χ1) is 8.26. The lowest BCUT2D eigenvalue weighted by molar-refractivity contribution is 0.0518. The zero-order valence-electron chi connectivity index (χ0n) is 10.4. The molecule has 0 bridgehead atoms. The van der Waals surface area contributed by atoms with Gasteiger partial charge in [-0.2, -0.15) is 0 Å². The van der Waals surface area contributed by atoms with Gasteiger partial charge in [-0.15, -0.1) is 11.3 Å². The van der Waals surface area contributed by atoms with Crippen molar-refractivity contribution in [3.8, 4) is 0 Å². The van der Waals surface area contributed by atoms with E-state index in [0.29, 0.717) is 12.1 Å². The Kier molecular flexibility index (Phi) is 5.03. The lowest BCUT2D eigenvalue weighted by atomic mass is 10.0. The van der Waals surface area contributed by atoms with Crippen LogP contribution in [0.2, 0.25) is 0 Å². The highest BCUT2D eigenvalue weighted by Gasteiger charge is 2.36. The molecule has 0 radical (unpaired) electrons. The molecule has 2 unspecified atom stereocenters. The van der Waals surface area contributed by atoms with Crippen molar-refractivity contribution in [3.63, 3.8) is 0 Å². The van der Waals surface area contributed by atoms with E-state index in [9.17, 15) is 0 Å². The third-order valence-electron chi connectivity index (χ3n) is 3.32. The summed E-state index contributed by atoms with van der Waals surface area (Å²) >= 11 is 5.43. The second kappa shape index (κ2) is 6.32. The van der Waals surface area contributed by atoms with E-state index in [1.54, 1.807) is 0 Å². The first kappa shape index (κ1) is 13.5. The number of ether oxygens (including phenoxy) is 1. The van der Waals surface area contributed by atoms with Crippen molar-refractivity contribution in [2.75, 3.05) is 13.7 Å². The molecule has 1 saturated carbocycles. The third kappa shape index (κ3) is 3.53. The fourth-order valence-corrected chi connectivity index (χ4v) is 3.92. The zero-order chi connectivity index (χ0) is 12.3. The van der Waals surface area contributed by atoms with Gasteiger partial charge in [-0.05, 0) is 52.7 Å². The van der Waals surface area contributed by atoms with Crippen molar-refractivity contribution in [2.45, 2.75) is 38.3 Å². The van der Waals surface area contributed by atoms with Gasteiger partial charge in [-0.25, -0.2) is 0 Å². The monoisotopic (exact) mass is 317 g/mol. The van der Waals surface area contributed by atoms with E-state index in [1.165, 1.54) is 22.2 Å². The maximum absolute atomic E-state index is 5.70. The average Bonchev–Trinajstić information content (AvgIpc) is 3.06. The Morgan fingerprint density at radius 3 is 2.82 bits per heavy atom. The van der Waals surface area contributed by atoms with Gasteiger partial charge >= 0.3 is 0 Å². The van der Waals surface area contributed by atoms with Gasteiger partial charge in [0.2, 0.25) is 0 Å². The van der Waals surface area contributed by atoms with Gasteiger partial charge in [0.25, 0.3) is 0 Å². The van der Waals surface area contributed by atoms with E-state index >= 15 is 0 Å². The van der Waals surface area contributed by atoms with Crippen molar-refractivity contribution in [3.05, 3.63) is 20.8 Å². The standard InChI is InChI=1S/C13H20BrNOS/c1-3-15-11(13(16-2)9-4-5-9)8-12-10(14)6-7-17-12/h6-7,9,11,13,15H,3-5,8H2,1-2H3. The summed E-state index contributed by atoms with van der Waals surface area (Å²) in [5, 5.41) is 5.72. The van der Waals surface area contributed by atoms with Crippen LogP contribution in [0.15, 0.2) is 15.9 Å². The highest BCUT2D eigenvalue weighted by molar-refractivity contribution is 9.10. The SMILES string of the molecule is CCNC(Cc1sccc1Br)C(OC)C1CC1. The number of likely N-dealkylation sites (N-methyl/N-ethyl adjacent to an activating group) is 1. The Hall–Kier alpha value is 0.1000. The molecule has 1 aliphatic carbocycles. The minimum atomic E-state index is 0.365. The summed E-state index contributed by atoms with van der Waals surface area (Å²) in [6.07, 6.45) is 4.07. The topological polar surface area (TPSA) is 21.3 Å². The van der Waals surface area contributed by atoms with Crippen LogP contribution in [0.5, 0.6) is 0 Å². The third-order valence-corrected chi connectivity index (χ3v) is 5.27. The first-order valence-electron chi connectivity index (χ1n) is 6.24. The van der Waals surface area contributed by atoms with E-state index in [4.69, 9.17) is 4.74 Å². The van der Waals surface area contributed by atoms with Crippen LogP contribution in [0, 0.1) is 5.92 Å². The smallest absolute Gasteiger partial charge is 0.0755 e. The summed E-state index contributed by atoms with van der Waals surface area (Å²) in [5.41, 5.74) is 0. The maximum Gasteiger partial charge on any atom is 0.0755 e. The van der Waals surface area contributed by atoms with Crippen LogP contribution in [0.3, 0.4) is 0 Å². The molecule has 96 valence electrons. The van der Waals surface area contributed by atoms with Crippen molar-refractivity contribution in [1.82, 2.24) is 5.32 Å². The number of halogens is 1. The molecular formula is C13H20BrNOS. The van der Waals surface area contributed by atoms with Gasteiger partial charge in [-0.3, -0.25) is 0 Å².